The molecule has 2 nitrogen and oxygen atoms in total. The van der Waals surface area contributed by atoms with Crippen LogP contribution in [0.5, 0.6) is 0 Å². The number of rotatable bonds is 6. The van der Waals surface area contributed by atoms with Crippen molar-refractivity contribution in [1.82, 2.24) is 5.32 Å². The zero-order valence-corrected chi connectivity index (χ0v) is 12.0. The highest BCUT2D eigenvalue weighted by atomic mass is 32.1. The van der Waals surface area contributed by atoms with Crippen LogP contribution in [0, 0.1) is 0 Å². The first-order valence-corrected chi connectivity index (χ1v) is 7.48. The van der Waals surface area contributed by atoms with Crippen molar-refractivity contribution in [1.29, 1.82) is 0 Å². The fourth-order valence-corrected chi connectivity index (χ4v) is 2.62. The van der Waals surface area contributed by atoms with Crippen molar-refractivity contribution in [3.05, 3.63) is 57.8 Å². The summed E-state index contributed by atoms with van der Waals surface area (Å²) >= 11 is 1.64. The molecule has 0 aliphatic carbocycles. The van der Waals surface area contributed by atoms with Gasteiger partial charge in [-0.1, -0.05) is 12.1 Å². The van der Waals surface area contributed by atoms with Crippen molar-refractivity contribution >= 4 is 11.3 Å². The number of hydrogen-bond acceptors (Lipinski definition) is 3. The molecule has 1 aromatic carbocycles. The Balaban J connectivity index is 1.79. The Labute approximate surface area is 125 Å². The predicted octanol–water partition coefficient (Wildman–Crippen LogP) is 3.63. The maximum atomic E-state index is 12.4. The van der Waals surface area contributed by atoms with E-state index in [1.165, 1.54) is 17.7 Å². The Hall–Kier alpha value is -1.37. The van der Waals surface area contributed by atoms with Crippen molar-refractivity contribution in [2.24, 2.45) is 0 Å². The number of benzene rings is 1. The molecule has 21 heavy (non-hydrogen) atoms. The summed E-state index contributed by atoms with van der Waals surface area (Å²) in [5.74, 6) is 0. The summed E-state index contributed by atoms with van der Waals surface area (Å²) in [4.78, 5) is 0. The van der Waals surface area contributed by atoms with Gasteiger partial charge in [-0.25, -0.2) is 0 Å². The summed E-state index contributed by atoms with van der Waals surface area (Å²) in [6.07, 6.45) is -4.29. The van der Waals surface area contributed by atoms with Crippen LogP contribution < -0.4 is 5.32 Å². The number of aliphatic hydroxyl groups excluding tert-OH is 1. The zero-order valence-electron chi connectivity index (χ0n) is 11.2. The number of halogens is 3. The predicted molar refractivity (Wildman–Crippen MR) is 77.3 cm³/mol. The maximum Gasteiger partial charge on any atom is 0.416 e. The first-order valence-electron chi connectivity index (χ1n) is 6.54. The summed E-state index contributed by atoms with van der Waals surface area (Å²) in [6, 6.07) is 6.65. The minimum absolute atomic E-state index is 0.315. The van der Waals surface area contributed by atoms with Crippen LogP contribution in [-0.2, 0) is 12.6 Å². The zero-order chi connectivity index (χ0) is 15.3. The van der Waals surface area contributed by atoms with Gasteiger partial charge in [-0.2, -0.15) is 24.5 Å². The largest absolute Gasteiger partial charge is 0.416 e. The van der Waals surface area contributed by atoms with E-state index in [-0.39, 0.29) is 0 Å². The third-order valence-electron chi connectivity index (χ3n) is 3.13. The lowest BCUT2D eigenvalue weighted by atomic mass is 10.1. The molecule has 0 saturated carbocycles. The van der Waals surface area contributed by atoms with E-state index < -0.39 is 17.8 Å². The molecule has 1 unspecified atom stereocenters. The van der Waals surface area contributed by atoms with Crippen LogP contribution in [0.3, 0.4) is 0 Å². The molecule has 6 heteroatoms. The SMILES string of the molecule is OC(CNCCc1ccsc1)c1ccc(C(F)(F)F)cc1. The number of alkyl halides is 3. The van der Waals surface area contributed by atoms with E-state index in [4.69, 9.17) is 0 Å². The molecule has 0 spiro atoms. The molecule has 0 aliphatic heterocycles. The van der Waals surface area contributed by atoms with Gasteiger partial charge in [0.15, 0.2) is 0 Å². The van der Waals surface area contributed by atoms with Gasteiger partial charge >= 0.3 is 6.18 Å². The Bertz CT molecular complexity index is 537. The van der Waals surface area contributed by atoms with Gasteiger partial charge in [-0.3, -0.25) is 0 Å². The average Bonchev–Trinajstić information content (AvgIpc) is 2.96. The Morgan fingerprint density at radius 3 is 2.43 bits per heavy atom. The molecule has 0 saturated heterocycles. The van der Waals surface area contributed by atoms with Crippen molar-refractivity contribution in [3.63, 3.8) is 0 Å². The van der Waals surface area contributed by atoms with Crippen molar-refractivity contribution in [2.75, 3.05) is 13.1 Å². The molecule has 2 N–H and O–H groups in total. The van der Waals surface area contributed by atoms with Crippen LogP contribution in [0.4, 0.5) is 13.2 Å². The van der Waals surface area contributed by atoms with Gasteiger partial charge in [-0.05, 0) is 53.1 Å². The van der Waals surface area contributed by atoms with Crippen LogP contribution >= 0.6 is 11.3 Å². The Morgan fingerprint density at radius 1 is 1.14 bits per heavy atom. The lowest BCUT2D eigenvalue weighted by Crippen LogP contribution is -2.23. The third kappa shape index (κ3) is 4.84. The molecule has 2 rings (SSSR count). The molecule has 0 fully saturated rings. The summed E-state index contributed by atoms with van der Waals surface area (Å²) < 4.78 is 37.3. The van der Waals surface area contributed by atoms with Gasteiger partial charge in [0.25, 0.3) is 0 Å². The molecule has 0 aliphatic rings. The van der Waals surface area contributed by atoms with Gasteiger partial charge < -0.3 is 10.4 Å². The van der Waals surface area contributed by atoms with Crippen LogP contribution in [0.2, 0.25) is 0 Å². The van der Waals surface area contributed by atoms with E-state index in [0.717, 1.165) is 18.6 Å². The smallest absolute Gasteiger partial charge is 0.387 e. The number of hydrogen-bond donors (Lipinski definition) is 2. The molecule has 2 aromatic rings. The lowest BCUT2D eigenvalue weighted by molar-refractivity contribution is -0.137. The fraction of sp³-hybridized carbons (Fsp3) is 0.333. The summed E-state index contributed by atoms with van der Waals surface area (Å²) in [5, 5.41) is 17.1. The lowest BCUT2D eigenvalue weighted by Gasteiger charge is -2.13. The molecular weight excluding hydrogens is 299 g/mol. The van der Waals surface area contributed by atoms with E-state index >= 15 is 0 Å². The van der Waals surface area contributed by atoms with Crippen LogP contribution in [0.15, 0.2) is 41.1 Å². The normalized spacial score (nSPS) is 13.3. The average molecular weight is 315 g/mol. The quantitative estimate of drug-likeness (QED) is 0.798. The van der Waals surface area contributed by atoms with Gasteiger partial charge in [0, 0.05) is 6.54 Å². The van der Waals surface area contributed by atoms with Crippen molar-refractivity contribution < 1.29 is 18.3 Å². The van der Waals surface area contributed by atoms with E-state index in [9.17, 15) is 18.3 Å². The van der Waals surface area contributed by atoms with Crippen LogP contribution in [-0.4, -0.2) is 18.2 Å². The third-order valence-corrected chi connectivity index (χ3v) is 3.86. The number of nitrogens with one attached hydrogen (secondary N) is 1. The summed E-state index contributed by atoms with van der Waals surface area (Å²) in [5.41, 5.74) is 1.01. The van der Waals surface area contributed by atoms with Crippen LogP contribution in [0.25, 0.3) is 0 Å². The van der Waals surface area contributed by atoms with E-state index in [0.29, 0.717) is 18.7 Å². The monoisotopic (exact) mass is 315 g/mol. The van der Waals surface area contributed by atoms with Crippen molar-refractivity contribution in [3.8, 4) is 0 Å². The minimum atomic E-state index is -4.34. The summed E-state index contributed by atoms with van der Waals surface area (Å²) in [6.45, 7) is 1.03. The highest BCUT2D eigenvalue weighted by Crippen LogP contribution is 2.29. The highest BCUT2D eigenvalue weighted by molar-refractivity contribution is 7.07. The second-order valence-electron chi connectivity index (χ2n) is 4.72. The highest BCUT2D eigenvalue weighted by Gasteiger charge is 2.30. The molecule has 1 aromatic heterocycles. The van der Waals surface area contributed by atoms with Gasteiger partial charge in [-0.15, -0.1) is 0 Å². The molecule has 0 radical (unpaired) electrons. The Kier molecular flexibility index (Phi) is 5.39. The first-order chi connectivity index (χ1) is 9.97. The maximum absolute atomic E-state index is 12.4. The molecule has 0 bridgehead atoms. The molecule has 1 heterocycles. The second-order valence-corrected chi connectivity index (χ2v) is 5.50. The van der Waals surface area contributed by atoms with Crippen LogP contribution in [0.1, 0.15) is 22.8 Å². The molecule has 0 amide bonds. The topological polar surface area (TPSA) is 32.3 Å². The number of thiophene rings is 1. The fourth-order valence-electron chi connectivity index (χ4n) is 1.92. The van der Waals surface area contributed by atoms with E-state index in [1.807, 2.05) is 11.4 Å². The van der Waals surface area contributed by atoms with E-state index in [2.05, 4.69) is 10.7 Å². The Morgan fingerprint density at radius 2 is 1.86 bits per heavy atom. The molecule has 1 atom stereocenters. The van der Waals surface area contributed by atoms with Crippen molar-refractivity contribution in [2.45, 2.75) is 18.7 Å². The molecule has 114 valence electrons. The standard InChI is InChI=1S/C15H16F3NOS/c16-15(17,18)13-3-1-12(2-4-13)14(20)9-19-7-5-11-6-8-21-10-11/h1-4,6,8,10,14,19-20H,5,7,9H2. The summed E-state index contributed by atoms with van der Waals surface area (Å²) in [7, 11) is 0. The van der Waals surface area contributed by atoms with E-state index in [1.54, 1.807) is 11.3 Å². The number of aliphatic hydroxyl groups is 1. The molecular formula is C15H16F3NOS. The first kappa shape index (κ1) is 16.0. The van der Waals surface area contributed by atoms with Gasteiger partial charge in [0.2, 0.25) is 0 Å². The van der Waals surface area contributed by atoms with Gasteiger partial charge in [0.05, 0.1) is 11.7 Å². The minimum Gasteiger partial charge on any atom is -0.387 e. The van der Waals surface area contributed by atoms with Gasteiger partial charge in [0.1, 0.15) is 0 Å². The second kappa shape index (κ2) is 7.06.